The Morgan fingerprint density at radius 2 is 1.84 bits per heavy atom. The van der Waals surface area contributed by atoms with Crippen molar-refractivity contribution >= 4 is 34.0 Å². The molecule has 156 valence electrons. The van der Waals surface area contributed by atoms with E-state index in [0.29, 0.717) is 28.4 Å². The molecule has 2 heterocycles. The van der Waals surface area contributed by atoms with Crippen molar-refractivity contribution in [1.82, 2.24) is 4.98 Å². The number of nitrogens with one attached hydrogen (secondary N) is 2. The van der Waals surface area contributed by atoms with Crippen LogP contribution < -0.4 is 10.6 Å². The van der Waals surface area contributed by atoms with Gasteiger partial charge in [-0.3, -0.25) is 14.9 Å². The lowest BCUT2D eigenvalue weighted by Gasteiger charge is -2.06. The van der Waals surface area contributed by atoms with E-state index in [1.54, 1.807) is 30.5 Å². The Bertz CT molecular complexity index is 1240. The molecule has 4 rings (SSSR count). The summed E-state index contributed by atoms with van der Waals surface area (Å²) < 4.78 is 31.5. The third kappa shape index (κ3) is 5.01. The van der Waals surface area contributed by atoms with Crippen LogP contribution in [0.15, 0.2) is 71.5 Å². The Kier molecular flexibility index (Phi) is 5.85. The number of benzene rings is 2. The minimum Gasteiger partial charge on any atom is -0.459 e. The summed E-state index contributed by atoms with van der Waals surface area (Å²) in [6, 6.07) is 13.3. The molecule has 4 aromatic rings. The average molecular weight is 439 g/mol. The van der Waals surface area contributed by atoms with Gasteiger partial charge in [0, 0.05) is 28.7 Å². The molecule has 0 aliphatic heterocycles. The highest BCUT2D eigenvalue weighted by atomic mass is 32.1. The summed E-state index contributed by atoms with van der Waals surface area (Å²) in [5.41, 5.74) is 1.36. The van der Waals surface area contributed by atoms with E-state index in [9.17, 15) is 18.4 Å². The van der Waals surface area contributed by atoms with Gasteiger partial charge in [-0.1, -0.05) is 12.1 Å². The number of nitrogens with zero attached hydrogens (tertiary/aromatic N) is 1. The lowest BCUT2D eigenvalue weighted by Crippen LogP contribution is -2.14. The molecule has 0 aliphatic carbocycles. The first-order valence-corrected chi connectivity index (χ1v) is 9.94. The van der Waals surface area contributed by atoms with Crippen LogP contribution in [0, 0.1) is 11.6 Å². The lowest BCUT2D eigenvalue weighted by molar-refractivity contribution is 0.0993. The summed E-state index contributed by atoms with van der Waals surface area (Å²) in [5.74, 6) is -2.48. The van der Waals surface area contributed by atoms with Gasteiger partial charge in [0.2, 0.25) is 0 Å². The first-order chi connectivity index (χ1) is 15.0. The van der Waals surface area contributed by atoms with E-state index in [1.165, 1.54) is 35.8 Å². The van der Waals surface area contributed by atoms with Crippen molar-refractivity contribution in [1.29, 1.82) is 0 Å². The fraction of sp³-hybridized carbons (Fsp3) is 0.0455. The van der Waals surface area contributed by atoms with Gasteiger partial charge in [-0.05, 0) is 48.0 Å². The highest BCUT2D eigenvalue weighted by Gasteiger charge is 2.13. The molecule has 2 N–H and O–H groups in total. The number of carbonyl (C=O) groups is 2. The summed E-state index contributed by atoms with van der Waals surface area (Å²) in [6.07, 6.45) is 3.33. The topological polar surface area (TPSA) is 84.2 Å². The number of hydrogen-bond acceptors (Lipinski definition) is 5. The molecule has 0 atom stereocenters. The van der Waals surface area contributed by atoms with Crippen LogP contribution in [0.3, 0.4) is 0 Å². The highest BCUT2D eigenvalue weighted by Crippen LogP contribution is 2.23. The molecule has 0 spiro atoms. The largest absolute Gasteiger partial charge is 0.459 e. The molecule has 0 aliphatic rings. The van der Waals surface area contributed by atoms with Crippen molar-refractivity contribution in [2.75, 3.05) is 10.6 Å². The molecule has 2 amide bonds. The van der Waals surface area contributed by atoms with Gasteiger partial charge in [-0.15, -0.1) is 11.3 Å². The van der Waals surface area contributed by atoms with Gasteiger partial charge >= 0.3 is 0 Å². The third-order valence-electron chi connectivity index (χ3n) is 4.26. The summed E-state index contributed by atoms with van der Waals surface area (Å²) in [7, 11) is 0. The first kappa shape index (κ1) is 20.4. The SMILES string of the molecule is O=C(Nc1ncc(Cc2ccc(F)c(F)c2)s1)c1cccc(NC(=O)c2ccco2)c1. The van der Waals surface area contributed by atoms with Crippen molar-refractivity contribution in [2.24, 2.45) is 0 Å². The Balaban J connectivity index is 1.40. The molecule has 2 aromatic heterocycles. The maximum absolute atomic E-state index is 13.4. The summed E-state index contributed by atoms with van der Waals surface area (Å²) in [5, 5.41) is 5.72. The average Bonchev–Trinajstić information content (AvgIpc) is 3.43. The predicted octanol–water partition coefficient (Wildman–Crippen LogP) is 5.11. The molecule has 0 saturated heterocycles. The molecule has 6 nitrogen and oxygen atoms in total. The van der Waals surface area contributed by atoms with Crippen LogP contribution in [0.25, 0.3) is 0 Å². The van der Waals surface area contributed by atoms with E-state index in [1.807, 2.05) is 0 Å². The second-order valence-corrected chi connectivity index (χ2v) is 7.64. The van der Waals surface area contributed by atoms with Crippen LogP contribution >= 0.6 is 11.3 Å². The van der Waals surface area contributed by atoms with E-state index < -0.39 is 23.4 Å². The van der Waals surface area contributed by atoms with Crippen LogP contribution in [0.5, 0.6) is 0 Å². The number of hydrogen-bond donors (Lipinski definition) is 2. The molecule has 0 radical (unpaired) electrons. The van der Waals surface area contributed by atoms with Crippen LogP contribution in [0.2, 0.25) is 0 Å². The van der Waals surface area contributed by atoms with Crippen molar-refractivity contribution in [3.8, 4) is 0 Å². The van der Waals surface area contributed by atoms with E-state index in [4.69, 9.17) is 4.42 Å². The van der Waals surface area contributed by atoms with Gasteiger partial charge < -0.3 is 9.73 Å². The maximum Gasteiger partial charge on any atom is 0.291 e. The van der Waals surface area contributed by atoms with Gasteiger partial charge in [0.1, 0.15) is 0 Å². The van der Waals surface area contributed by atoms with E-state index in [2.05, 4.69) is 15.6 Å². The lowest BCUT2D eigenvalue weighted by atomic mass is 10.1. The number of rotatable bonds is 6. The molecule has 2 aromatic carbocycles. The Hall–Kier alpha value is -3.85. The second kappa shape index (κ2) is 8.88. The number of aromatic nitrogens is 1. The summed E-state index contributed by atoms with van der Waals surface area (Å²) in [4.78, 5) is 29.6. The first-order valence-electron chi connectivity index (χ1n) is 9.13. The molecule has 0 saturated carbocycles. The van der Waals surface area contributed by atoms with Crippen molar-refractivity contribution in [3.05, 3.63) is 100 Å². The minimum absolute atomic E-state index is 0.159. The third-order valence-corrected chi connectivity index (χ3v) is 5.18. The molecule has 9 heteroatoms. The quantitative estimate of drug-likeness (QED) is 0.437. The maximum atomic E-state index is 13.4. The smallest absolute Gasteiger partial charge is 0.291 e. The van der Waals surface area contributed by atoms with Crippen molar-refractivity contribution < 1.29 is 22.8 Å². The van der Waals surface area contributed by atoms with Crippen LogP contribution in [0.1, 0.15) is 31.4 Å². The number of anilines is 2. The fourth-order valence-corrected chi connectivity index (χ4v) is 3.65. The number of thiazole rings is 1. The molecular weight excluding hydrogens is 424 g/mol. The fourth-order valence-electron chi connectivity index (χ4n) is 2.81. The minimum atomic E-state index is -0.908. The van der Waals surface area contributed by atoms with Crippen LogP contribution in [0.4, 0.5) is 19.6 Å². The van der Waals surface area contributed by atoms with Gasteiger partial charge in [0.25, 0.3) is 11.8 Å². The van der Waals surface area contributed by atoms with E-state index in [0.717, 1.165) is 17.0 Å². The van der Waals surface area contributed by atoms with Gasteiger partial charge in [-0.25, -0.2) is 13.8 Å². The number of furan rings is 1. The van der Waals surface area contributed by atoms with Crippen molar-refractivity contribution in [2.45, 2.75) is 6.42 Å². The Morgan fingerprint density at radius 3 is 2.61 bits per heavy atom. The zero-order valence-electron chi connectivity index (χ0n) is 15.9. The normalized spacial score (nSPS) is 10.6. The second-order valence-electron chi connectivity index (χ2n) is 6.52. The number of amides is 2. The predicted molar refractivity (Wildman–Crippen MR) is 112 cm³/mol. The molecule has 31 heavy (non-hydrogen) atoms. The summed E-state index contributed by atoms with van der Waals surface area (Å²) in [6.45, 7) is 0. The van der Waals surface area contributed by atoms with Gasteiger partial charge in [0.15, 0.2) is 22.5 Å². The Morgan fingerprint density at radius 1 is 0.968 bits per heavy atom. The van der Waals surface area contributed by atoms with Crippen LogP contribution in [-0.4, -0.2) is 16.8 Å². The monoisotopic (exact) mass is 439 g/mol. The molecule has 0 unspecified atom stereocenters. The Labute approximate surface area is 179 Å². The molecule has 0 fully saturated rings. The van der Waals surface area contributed by atoms with Gasteiger partial charge in [0.05, 0.1) is 6.26 Å². The van der Waals surface area contributed by atoms with Crippen molar-refractivity contribution in [3.63, 3.8) is 0 Å². The molecule has 0 bridgehead atoms. The number of carbonyl (C=O) groups excluding carboxylic acids is 2. The highest BCUT2D eigenvalue weighted by molar-refractivity contribution is 7.15. The van der Waals surface area contributed by atoms with E-state index >= 15 is 0 Å². The van der Waals surface area contributed by atoms with Crippen LogP contribution in [-0.2, 0) is 6.42 Å². The summed E-state index contributed by atoms with van der Waals surface area (Å²) >= 11 is 1.23. The zero-order valence-corrected chi connectivity index (χ0v) is 16.7. The molecular formula is C22H15F2N3O3S. The number of halogens is 2. The van der Waals surface area contributed by atoms with Gasteiger partial charge in [-0.2, -0.15) is 0 Å². The standard InChI is InChI=1S/C22H15F2N3O3S/c23-17-7-6-13(10-18(17)24)9-16-12-25-22(31-16)27-20(28)14-3-1-4-15(11-14)26-21(29)19-5-2-8-30-19/h1-8,10-12H,9H2,(H,26,29)(H,25,27,28). The zero-order chi connectivity index (χ0) is 21.8. The van der Waals surface area contributed by atoms with E-state index in [-0.39, 0.29) is 5.76 Å².